The van der Waals surface area contributed by atoms with E-state index in [0.29, 0.717) is 25.1 Å². The van der Waals surface area contributed by atoms with Crippen molar-refractivity contribution in [3.63, 3.8) is 0 Å². The molecule has 0 aliphatic rings. The molecule has 1 atom stereocenters. The van der Waals surface area contributed by atoms with Gasteiger partial charge in [0.25, 0.3) is 0 Å². The monoisotopic (exact) mass is 238 g/mol. The van der Waals surface area contributed by atoms with Crippen LogP contribution in [0, 0.1) is 5.82 Å². The van der Waals surface area contributed by atoms with Crippen LogP contribution in [-0.4, -0.2) is 19.0 Å². The summed E-state index contributed by atoms with van der Waals surface area (Å²) in [6.07, 6.45) is 1.39. The Morgan fingerprint density at radius 3 is 2.88 bits per heavy atom. The highest BCUT2D eigenvalue weighted by Gasteiger charge is 2.19. The SMILES string of the molecule is CCNC(=O)C(CCCN)c1cccc(F)c1. The molecule has 0 spiro atoms. The van der Waals surface area contributed by atoms with E-state index in [4.69, 9.17) is 5.73 Å². The highest BCUT2D eigenvalue weighted by Crippen LogP contribution is 2.22. The van der Waals surface area contributed by atoms with Gasteiger partial charge in [-0.15, -0.1) is 0 Å². The molecule has 0 aliphatic heterocycles. The smallest absolute Gasteiger partial charge is 0.227 e. The Morgan fingerprint density at radius 1 is 1.53 bits per heavy atom. The number of carbonyl (C=O) groups is 1. The van der Waals surface area contributed by atoms with Crippen LogP contribution in [0.5, 0.6) is 0 Å². The van der Waals surface area contributed by atoms with Crippen LogP contribution < -0.4 is 11.1 Å². The lowest BCUT2D eigenvalue weighted by Crippen LogP contribution is -2.29. The molecule has 1 aromatic rings. The fourth-order valence-corrected chi connectivity index (χ4v) is 1.79. The van der Waals surface area contributed by atoms with Crippen molar-refractivity contribution in [3.05, 3.63) is 35.6 Å². The molecule has 0 aromatic heterocycles. The van der Waals surface area contributed by atoms with E-state index >= 15 is 0 Å². The first-order valence-corrected chi connectivity index (χ1v) is 5.92. The van der Waals surface area contributed by atoms with Gasteiger partial charge in [-0.2, -0.15) is 0 Å². The van der Waals surface area contributed by atoms with E-state index in [1.165, 1.54) is 12.1 Å². The number of hydrogen-bond donors (Lipinski definition) is 2. The van der Waals surface area contributed by atoms with Crippen LogP contribution >= 0.6 is 0 Å². The molecular formula is C13H19FN2O. The van der Waals surface area contributed by atoms with Crippen molar-refractivity contribution >= 4 is 5.91 Å². The van der Waals surface area contributed by atoms with E-state index < -0.39 is 0 Å². The van der Waals surface area contributed by atoms with Gasteiger partial charge >= 0.3 is 0 Å². The fraction of sp³-hybridized carbons (Fsp3) is 0.462. The molecule has 4 heteroatoms. The van der Waals surface area contributed by atoms with E-state index in [-0.39, 0.29) is 17.6 Å². The molecule has 0 aliphatic carbocycles. The zero-order valence-electron chi connectivity index (χ0n) is 10.1. The Labute approximate surface area is 101 Å². The summed E-state index contributed by atoms with van der Waals surface area (Å²) >= 11 is 0. The summed E-state index contributed by atoms with van der Waals surface area (Å²) in [4.78, 5) is 11.9. The fourth-order valence-electron chi connectivity index (χ4n) is 1.79. The van der Waals surface area contributed by atoms with Gasteiger partial charge in [-0.25, -0.2) is 4.39 Å². The Bertz CT molecular complexity index is 368. The van der Waals surface area contributed by atoms with Crippen molar-refractivity contribution in [2.75, 3.05) is 13.1 Å². The number of hydrogen-bond acceptors (Lipinski definition) is 2. The molecule has 0 saturated carbocycles. The van der Waals surface area contributed by atoms with Crippen molar-refractivity contribution in [1.82, 2.24) is 5.32 Å². The van der Waals surface area contributed by atoms with Gasteiger partial charge in [-0.05, 0) is 44.0 Å². The second-order valence-electron chi connectivity index (χ2n) is 3.93. The highest BCUT2D eigenvalue weighted by molar-refractivity contribution is 5.83. The Balaban J connectivity index is 2.85. The maximum Gasteiger partial charge on any atom is 0.227 e. The summed E-state index contributed by atoms with van der Waals surface area (Å²) in [6.45, 7) is 2.97. The van der Waals surface area contributed by atoms with Gasteiger partial charge < -0.3 is 11.1 Å². The van der Waals surface area contributed by atoms with Crippen LogP contribution in [0.2, 0.25) is 0 Å². The molecule has 0 saturated heterocycles. The van der Waals surface area contributed by atoms with Gasteiger partial charge in [0, 0.05) is 6.54 Å². The summed E-state index contributed by atoms with van der Waals surface area (Å²) in [6, 6.07) is 6.19. The second-order valence-corrected chi connectivity index (χ2v) is 3.93. The third-order valence-electron chi connectivity index (χ3n) is 2.62. The van der Waals surface area contributed by atoms with Crippen molar-refractivity contribution in [2.24, 2.45) is 5.73 Å². The lowest BCUT2D eigenvalue weighted by atomic mass is 9.93. The average Bonchev–Trinajstić information content (AvgIpc) is 2.30. The molecule has 1 rings (SSSR count). The number of nitrogens with two attached hydrogens (primary N) is 1. The number of halogens is 1. The van der Waals surface area contributed by atoms with Crippen LogP contribution in [0.15, 0.2) is 24.3 Å². The molecule has 17 heavy (non-hydrogen) atoms. The lowest BCUT2D eigenvalue weighted by Gasteiger charge is -2.16. The first kappa shape index (κ1) is 13.6. The Morgan fingerprint density at radius 2 is 2.29 bits per heavy atom. The van der Waals surface area contributed by atoms with Crippen LogP contribution in [0.3, 0.4) is 0 Å². The number of likely N-dealkylation sites (N-methyl/N-ethyl adjacent to an activating group) is 1. The van der Waals surface area contributed by atoms with E-state index in [1.807, 2.05) is 6.92 Å². The standard InChI is InChI=1S/C13H19FN2O/c1-2-16-13(17)12(7-4-8-15)10-5-3-6-11(14)9-10/h3,5-6,9,12H,2,4,7-8,15H2,1H3,(H,16,17). The normalized spacial score (nSPS) is 12.2. The van der Waals surface area contributed by atoms with E-state index in [0.717, 1.165) is 6.42 Å². The Kier molecular flexibility index (Phi) is 5.63. The van der Waals surface area contributed by atoms with Gasteiger partial charge in [0.05, 0.1) is 5.92 Å². The zero-order valence-corrected chi connectivity index (χ0v) is 10.1. The molecule has 3 N–H and O–H groups in total. The molecule has 1 amide bonds. The van der Waals surface area contributed by atoms with Gasteiger partial charge in [-0.3, -0.25) is 4.79 Å². The summed E-state index contributed by atoms with van der Waals surface area (Å²) in [5.74, 6) is -0.690. The van der Waals surface area contributed by atoms with Gasteiger partial charge in [0.2, 0.25) is 5.91 Å². The molecule has 0 heterocycles. The summed E-state index contributed by atoms with van der Waals surface area (Å²) in [7, 11) is 0. The van der Waals surface area contributed by atoms with E-state index in [1.54, 1.807) is 12.1 Å². The molecule has 0 bridgehead atoms. The van der Waals surface area contributed by atoms with Crippen molar-refractivity contribution in [2.45, 2.75) is 25.7 Å². The van der Waals surface area contributed by atoms with Gasteiger partial charge in [0.1, 0.15) is 5.82 Å². The minimum atomic E-state index is -0.315. The number of benzene rings is 1. The first-order chi connectivity index (χ1) is 8.19. The van der Waals surface area contributed by atoms with Crippen LogP contribution in [0.4, 0.5) is 4.39 Å². The number of carbonyl (C=O) groups excluding carboxylic acids is 1. The van der Waals surface area contributed by atoms with Gasteiger partial charge in [0.15, 0.2) is 0 Å². The largest absolute Gasteiger partial charge is 0.356 e. The highest BCUT2D eigenvalue weighted by atomic mass is 19.1. The molecular weight excluding hydrogens is 219 g/mol. The summed E-state index contributed by atoms with van der Waals surface area (Å²) in [5, 5.41) is 2.77. The maximum atomic E-state index is 13.1. The summed E-state index contributed by atoms with van der Waals surface area (Å²) in [5.41, 5.74) is 6.17. The van der Waals surface area contributed by atoms with Gasteiger partial charge in [-0.1, -0.05) is 12.1 Å². The van der Waals surface area contributed by atoms with E-state index in [9.17, 15) is 9.18 Å². The Hall–Kier alpha value is -1.42. The van der Waals surface area contributed by atoms with Crippen molar-refractivity contribution in [3.8, 4) is 0 Å². The predicted octanol–water partition coefficient (Wildman–Crippen LogP) is 1.78. The zero-order chi connectivity index (χ0) is 12.7. The number of nitrogens with one attached hydrogen (secondary N) is 1. The quantitative estimate of drug-likeness (QED) is 0.793. The number of rotatable bonds is 6. The summed E-state index contributed by atoms with van der Waals surface area (Å²) < 4.78 is 13.1. The molecule has 1 unspecified atom stereocenters. The average molecular weight is 238 g/mol. The van der Waals surface area contributed by atoms with Crippen LogP contribution in [0.25, 0.3) is 0 Å². The van der Waals surface area contributed by atoms with Crippen molar-refractivity contribution < 1.29 is 9.18 Å². The third-order valence-corrected chi connectivity index (χ3v) is 2.62. The minimum absolute atomic E-state index is 0.0634. The predicted molar refractivity (Wildman–Crippen MR) is 66.1 cm³/mol. The topological polar surface area (TPSA) is 55.1 Å². The third kappa shape index (κ3) is 4.15. The van der Waals surface area contributed by atoms with Crippen LogP contribution in [0.1, 0.15) is 31.2 Å². The number of amides is 1. The molecule has 3 nitrogen and oxygen atoms in total. The minimum Gasteiger partial charge on any atom is -0.356 e. The van der Waals surface area contributed by atoms with Crippen molar-refractivity contribution in [1.29, 1.82) is 0 Å². The van der Waals surface area contributed by atoms with E-state index in [2.05, 4.69) is 5.32 Å². The first-order valence-electron chi connectivity index (χ1n) is 5.92. The molecule has 1 aromatic carbocycles. The molecule has 94 valence electrons. The molecule has 0 radical (unpaired) electrons. The lowest BCUT2D eigenvalue weighted by molar-refractivity contribution is -0.122. The van der Waals surface area contributed by atoms with Crippen LogP contribution in [-0.2, 0) is 4.79 Å². The second kappa shape index (κ2) is 7.01. The molecule has 0 fully saturated rings. The maximum absolute atomic E-state index is 13.1.